The number of carbonyl (C=O) groups excluding carboxylic acids is 2. The number of ether oxygens (including phenoxy) is 2. The Morgan fingerprint density at radius 1 is 0.735 bits per heavy atom. The lowest BCUT2D eigenvalue weighted by molar-refractivity contribution is 0.0678. The molecule has 4 nitrogen and oxygen atoms in total. The number of carbonyl (C=O) groups is 2. The maximum absolute atomic E-state index is 13.1. The first-order valence-electron chi connectivity index (χ1n) is 12.2. The molecule has 4 heteroatoms. The summed E-state index contributed by atoms with van der Waals surface area (Å²) >= 11 is 0. The maximum atomic E-state index is 13.1. The van der Waals surface area contributed by atoms with Crippen LogP contribution in [-0.4, -0.2) is 11.9 Å². The van der Waals surface area contributed by atoms with Gasteiger partial charge in [-0.15, -0.1) is 0 Å². The van der Waals surface area contributed by atoms with E-state index in [4.69, 9.17) is 9.47 Å². The predicted octanol–water partition coefficient (Wildman–Crippen LogP) is 7.37. The lowest BCUT2D eigenvalue weighted by atomic mass is 9.82. The molecule has 0 aromatic heterocycles. The van der Waals surface area contributed by atoms with Gasteiger partial charge < -0.3 is 9.47 Å². The van der Waals surface area contributed by atoms with Crippen molar-refractivity contribution in [3.8, 4) is 11.5 Å². The largest absolute Gasteiger partial charge is 0.419 e. The van der Waals surface area contributed by atoms with Crippen LogP contribution in [0.25, 0.3) is 0 Å². The second-order valence-electron chi connectivity index (χ2n) is 9.42. The fourth-order valence-electron chi connectivity index (χ4n) is 4.62. The molecule has 176 valence electrons. The fourth-order valence-corrected chi connectivity index (χ4v) is 4.62. The van der Waals surface area contributed by atoms with Crippen LogP contribution in [0.1, 0.15) is 83.7 Å². The second-order valence-corrected chi connectivity index (χ2v) is 9.42. The molecule has 0 radical (unpaired) electrons. The number of hydrogen-bond acceptors (Lipinski definition) is 4. The minimum absolute atomic E-state index is 0.273. The minimum atomic E-state index is -0.455. The van der Waals surface area contributed by atoms with Crippen molar-refractivity contribution in [3.05, 3.63) is 95.1 Å². The molecule has 0 spiro atoms. The molecular weight excluding hydrogens is 424 g/mol. The molecule has 4 rings (SSSR count). The topological polar surface area (TPSA) is 52.6 Å². The molecular formula is C30H32O4. The monoisotopic (exact) mass is 456 g/mol. The first kappa shape index (κ1) is 23.7. The average molecular weight is 457 g/mol. The van der Waals surface area contributed by atoms with E-state index >= 15 is 0 Å². The Hall–Kier alpha value is -3.40. The first-order valence-corrected chi connectivity index (χ1v) is 12.2. The van der Waals surface area contributed by atoms with Gasteiger partial charge in [-0.3, -0.25) is 0 Å². The van der Waals surface area contributed by atoms with Gasteiger partial charge in [-0.1, -0.05) is 81.6 Å². The highest BCUT2D eigenvalue weighted by molar-refractivity contribution is 5.93. The van der Waals surface area contributed by atoms with E-state index in [1.165, 1.54) is 6.42 Å². The van der Waals surface area contributed by atoms with Crippen LogP contribution >= 0.6 is 0 Å². The van der Waals surface area contributed by atoms with Crippen LogP contribution in [0.5, 0.6) is 11.5 Å². The van der Waals surface area contributed by atoms with Gasteiger partial charge in [0.25, 0.3) is 0 Å². The third-order valence-corrected chi connectivity index (χ3v) is 6.31. The molecule has 34 heavy (non-hydrogen) atoms. The number of rotatable bonds is 7. The second kappa shape index (κ2) is 11.1. The summed E-state index contributed by atoms with van der Waals surface area (Å²) in [5.41, 5.74) is 2.75. The predicted molar refractivity (Wildman–Crippen MR) is 134 cm³/mol. The Labute approximate surface area is 201 Å². The summed E-state index contributed by atoms with van der Waals surface area (Å²) in [6.45, 7) is 4.24. The number of benzene rings is 3. The van der Waals surface area contributed by atoms with Crippen LogP contribution in [0.3, 0.4) is 0 Å². The van der Waals surface area contributed by atoms with Crippen molar-refractivity contribution in [2.24, 2.45) is 5.92 Å². The maximum Gasteiger partial charge on any atom is 0.343 e. The Kier molecular flexibility index (Phi) is 7.79. The van der Waals surface area contributed by atoms with Crippen LogP contribution in [0.2, 0.25) is 0 Å². The molecule has 3 aromatic carbocycles. The third-order valence-electron chi connectivity index (χ3n) is 6.31. The number of esters is 2. The van der Waals surface area contributed by atoms with E-state index in [9.17, 15) is 9.59 Å². The van der Waals surface area contributed by atoms with E-state index in [1.807, 2.05) is 30.3 Å². The van der Waals surface area contributed by atoms with Gasteiger partial charge in [0.1, 0.15) is 0 Å². The smallest absolute Gasteiger partial charge is 0.343 e. The van der Waals surface area contributed by atoms with Gasteiger partial charge >= 0.3 is 11.9 Å². The van der Waals surface area contributed by atoms with Crippen molar-refractivity contribution in [1.29, 1.82) is 0 Å². The van der Waals surface area contributed by atoms with Crippen LogP contribution in [0.4, 0.5) is 0 Å². The van der Waals surface area contributed by atoms with Gasteiger partial charge in [-0.25, -0.2) is 9.59 Å². The van der Waals surface area contributed by atoms with Crippen molar-refractivity contribution >= 4 is 11.9 Å². The normalized spacial score (nSPS) is 14.1. The zero-order chi connectivity index (χ0) is 23.9. The number of hydrogen-bond donors (Lipinski definition) is 0. The highest BCUT2D eigenvalue weighted by Crippen LogP contribution is 2.45. The molecule has 1 fully saturated rings. The molecule has 1 aliphatic carbocycles. The Morgan fingerprint density at radius 2 is 1.26 bits per heavy atom. The van der Waals surface area contributed by atoms with E-state index in [1.54, 1.807) is 36.4 Å². The van der Waals surface area contributed by atoms with E-state index in [0.29, 0.717) is 35.0 Å². The van der Waals surface area contributed by atoms with Gasteiger partial charge in [0.2, 0.25) is 0 Å². The summed E-state index contributed by atoms with van der Waals surface area (Å²) in [4.78, 5) is 26.2. The van der Waals surface area contributed by atoms with E-state index < -0.39 is 11.9 Å². The zero-order valence-electron chi connectivity index (χ0n) is 20.0. The highest BCUT2D eigenvalue weighted by atomic mass is 16.6. The standard InChI is InChI=1S/C30H32O4/c1-21(2)20-25-18-19-26(22-12-6-3-7-13-22)28(34-30(32)24-16-10-5-11-17-24)27(25)33-29(31)23-14-8-4-9-15-23/h4-5,8-11,14-19,21-22H,3,6-7,12-13,20H2,1-2H3. The molecule has 1 saturated carbocycles. The quantitative estimate of drug-likeness (QED) is 0.275. The summed E-state index contributed by atoms with van der Waals surface area (Å²) in [6, 6.07) is 22.0. The molecule has 0 amide bonds. The molecule has 1 aliphatic rings. The Bertz CT molecular complexity index is 1110. The van der Waals surface area contributed by atoms with Gasteiger partial charge in [-0.2, -0.15) is 0 Å². The van der Waals surface area contributed by atoms with Crippen molar-refractivity contribution in [1.82, 2.24) is 0 Å². The average Bonchev–Trinajstić information content (AvgIpc) is 2.87. The zero-order valence-corrected chi connectivity index (χ0v) is 20.0. The lowest BCUT2D eigenvalue weighted by Gasteiger charge is -2.26. The summed E-state index contributed by atoms with van der Waals surface area (Å²) in [7, 11) is 0. The summed E-state index contributed by atoms with van der Waals surface area (Å²) in [6.07, 6.45) is 6.28. The Balaban J connectivity index is 1.79. The summed E-state index contributed by atoms with van der Waals surface area (Å²) in [5.74, 6) is 0.472. The van der Waals surface area contributed by atoms with Crippen molar-refractivity contribution in [3.63, 3.8) is 0 Å². The summed E-state index contributed by atoms with van der Waals surface area (Å²) < 4.78 is 12.1. The molecule has 0 N–H and O–H groups in total. The minimum Gasteiger partial charge on any atom is -0.419 e. The van der Waals surface area contributed by atoms with Gasteiger partial charge in [-0.05, 0) is 60.9 Å². The van der Waals surface area contributed by atoms with E-state index in [-0.39, 0.29) is 5.92 Å². The van der Waals surface area contributed by atoms with Crippen LogP contribution in [0.15, 0.2) is 72.8 Å². The van der Waals surface area contributed by atoms with Crippen LogP contribution < -0.4 is 9.47 Å². The fraction of sp³-hybridized carbons (Fsp3) is 0.333. The SMILES string of the molecule is CC(C)Cc1ccc(C2CCCCC2)c(OC(=O)c2ccccc2)c1OC(=O)c1ccccc1. The molecule has 0 aliphatic heterocycles. The third kappa shape index (κ3) is 5.74. The van der Waals surface area contributed by atoms with E-state index in [0.717, 1.165) is 36.8 Å². The van der Waals surface area contributed by atoms with E-state index in [2.05, 4.69) is 19.9 Å². The van der Waals surface area contributed by atoms with Crippen molar-refractivity contribution in [2.45, 2.75) is 58.3 Å². The molecule has 0 unspecified atom stereocenters. The van der Waals surface area contributed by atoms with Crippen LogP contribution in [-0.2, 0) is 6.42 Å². The summed E-state index contributed by atoms with van der Waals surface area (Å²) in [5, 5.41) is 0. The first-order chi connectivity index (χ1) is 16.5. The molecule has 0 heterocycles. The highest BCUT2D eigenvalue weighted by Gasteiger charge is 2.28. The lowest BCUT2D eigenvalue weighted by Crippen LogP contribution is -2.17. The van der Waals surface area contributed by atoms with Crippen LogP contribution in [0, 0.1) is 5.92 Å². The molecule has 0 bridgehead atoms. The van der Waals surface area contributed by atoms with Gasteiger partial charge in [0.15, 0.2) is 11.5 Å². The molecule has 3 aromatic rings. The van der Waals surface area contributed by atoms with Gasteiger partial charge in [0.05, 0.1) is 11.1 Å². The molecule has 0 saturated heterocycles. The van der Waals surface area contributed by atoms with Crippen molar-refractivity contribution in [2.75, 3.05) is 0 Å². The molecule has 0 atom stereocenters. The van der Waals surface area contributed by atoms with Crippen molar-refractivity contribution < 1.29 is 19.1 Å². The Morgan fingerprint density at radius 3 is 1.79 bits per heavy atom. The van der Waals surface area contributed by atoms with Gasteiger partial charge in [0, 0.05) is 5.56 Å².